The number of carbonyl (C=O) groups is 1. The number of fused-ring (bicyclic) bond motifs is 1. The van der Waals surface area contributed by atoms with E-state index in [2.05, 4.69) is 9.88 Å². The van der Waals surface area contributed by atoms with Gasteiger partial charge in [0.1, 0.15) is 24.2 Å². The van der Waals surface area contributed by atoms with Crippen LogP contribution in [0.3, 0.4) is 0 Å². The summed E-state index contributed by atoms with van der Waals surface area (Å²) in [5.74, 6) is 1.70. The van der Waals surface area contributed by atoms with E-state index in [1.165, 1.54) is 0 Å². The van der Waals surface area contributed by atoms with Crippen LogP contribution < -0.4 is 15.6 Å². The molecule has 1 fully saturated rings. The van der Waals surface area contributed by atoms with Crippen molar-refractivity contribution in [3.05, 3.63) is 46.4 Å². The molecule has 0 bridgehead atoms. The maximum absolute atomic E-state index is 12.3. The van der Waals surface area contributed by atoms with Gasteiger partial charge in [-0.3, -0.25) is 14.9 Å². The molecule has 10 nitrogen and oxygen atoms in total. The summed E-state index contributed by atoms with van der Waals surface area (Å²) >= 11 is 0. The molecule has 1 aromatic carbocycles. The molecule has 10 heteroatoms. The summed E-state index contributed by atoms with van der Waals surface area (Å²) in [7, 11) is 1.76. The summed E-state index contributed by atoms with van der Waals surface area (Å²) in [5.41, 5.74) is 3.35. The van der Waals surface area contributed by atoms with Gasteiger partial charge in [0.05, 0.1) is 23.7 Å². The maximum atomic E-state index is 12.3. The molecule has 0 saturated carbocycles. The number of aromatic nitrogens is 3. The number of aryl methyl sites for hydroxylation is 2. The van der Waals surface area contributed by atoms with E-state index < -0.39 is 18.1 Å². The normalized spacial score (nSPS) is 15.9. The van der Waals surface area contributed by atoms with Gasteiger partial charge in [-0.1, -0.05) is 13.8 Å². The first-order valence-corrected chi connectivity index (χ1v) is 14.1. The Bertz CT molecular complexity index is 1330. The average molecular weight is 555 g/mol. The molecule has 4 rings (SSSR count). The Balaban J connectivity index is 1.51. The van der Waals surface area contributed by atoms with Crippen LogP contribution in [0.2, 0.25) is 0 Å². The third-order valence-corrected chi connectivity index (χ3v) is 7.15. The predicted molar refractivity (Wildman–Crippen MR) is 153 cm³/mol. The first-order chi connectivity index (χ1) is 19.1. The molecule has 3 heterocycles. The van der Waals surface area contributed by atoms with Gasteiger partial charge in [0.25, 0.3) is 5.56 Å². The van der Waals surface area contributed by atoms with Gasteiger partial charge in [-0.2, -0.15) is 0 Å². The average Bonchev–Trinajstić information content (AvgIpc) is 3.27. The van der Waals surface area contributed by atoms with Gasteiger partial charge in [-0.15, -0.1) is 0 Å². The van der Waals surface area contributed by atoms with E-state index in [1.54, 1.807) is 18.5 Å². The molecule has 0 radical (unpaired) electrons. The van der Waals surface area contributed by atoms with Crippen LogP contribution in [-0.2, 0) is 27.9 Å². The minimum Gasteiger partial charge on any atom is -0.492 e. The molecule has 1 aliphatic heterocycles. The van der Waals surface area contributed by atoms with Gasteiger partial charge in [0.15, 0.2) is 0 Å². The van der Waals surface area contributed by atoms with Gasteiger partial charge in [-0.25, -0.2) is 4.98 Å². The summed E-state index contributed by atoms with van der Waals surface area (Å²) < 4.78 is 20.7. The number of nitrogens with one attached hydrogen (secondary N) is 1. The lowest BCUT2D eigenvalue weighted by Gasteiger charge is -2.23. The number of hydrogen-bond donors (Lipinski definition) is 2. The quantitative estimate of drug-likeness (QED) is 0.259. The Morgan fingerprint density at radius 3 is 2.65 bits per heavy atom. The van der Waals surface area contributed by atoms with Gasteiger partial charge in [-0.05, 0) is 56.7 Å². The maximum Gasteiger partial charge on any atom is 0.325 e. The Kier molecular flexibility index (Phi) is 9.99. The largest absolute Gasteiger partial charge is 0.492 e. The van der Waals surface area contributed by atoms with E-state index in [0.29, 0.717) is 37.0 Å². The zero-order valence-electron chi connectivity index (χ0n) is 24.2. The number of pyridine rings is 1. The third kappa shape index (κ3) is 7.30. The minimum atomic E-state index is -0.893. The lowest BCUT2D eigenvalue weighted by molar-refractivity contribution is -0.150. The second kappa shape index (κ2) is 13.4. The van der Waals surface area contributed by atoms with Gasteiger partial charge < -0.3 is 28.5 Å². The van der Waals surface area contributed by atoms with Crippen molar-refractivity contribution in [1.29, 1.82) is 0 Å². The number of imidazole rings is 1. The van der Waals surface area contributed by atoms with Gasteiger partial charge >= 0.3 is 5.97 Å². The van der Waals surface area contributed by atoms with Crippen molar-refractivity contribution in [2.45, 2.75) is 59.2 Å². The Labute approximate surface area is 235 Å². The van der Waals surface area contributed by atoms with Crippen LogP contribution in [0.4, 0.5) is 0 Å². The molecule has 0 aliphatic carbocycles. The second-order valence-corrected chi connectivity index (χ2v) is 11.1. The second-order valence-electron chi connectivity index (χ2n) is 11.1. The lowest BCUT2D eigenvalue weighted by Crippen LogP contribution is -2.47. The van der Waals surface area contributed by atoms with Gasteiger partial charge in [0.2, 0.25) is 0 Å². The molecule has 2 aromatic heterocycles. The highest BCUT2D eigenvalue weighted by atomic mass is 16.5. The van der Waals surface area contributed by atoms with Crippen molar-refractivity contribution in [2.75, 3.05) is 33.0 Å². The van der Waals surface area contributed by atoms with E-state index in [1.807, 2.05) is 51.2 Å². The number of nitrogens with zero attached hydrogens (tertiary/aromatic N) is 3. The van der Waals surface area contributed by atoms with Crippen LogP contribution in [0.15, 0.2) is 35.3 Å². The molecule has 2 unspecified atom stereocenters. The van der Waals surface area contributed by atoms with Crippen molar-refractivity contribution in [2.24, 2.45) is 18.9 Å². The molecular formula is C30H42N4O6. The highest BCUT2D eigenvalue weighted by Crippen LogP contribution is 2.30. The molecule has 1 aliphatic rings. The molecule has 3 aromatic rings. The number of ether oxygens (including phenoxy) is 3. The summed E-state index contributed by atoms with van der Waals surface area (Å²) in [6.45, 7) is 10.6. The van der Waals surface area contributed by atoms with Crippen LogP contribution in [0.5, 0.6) is 5.75 Å². The summed E-state index contributed by atoms with van der Waals surface area (Å²) in [6.07, 6.45) is 2.94. The highest BCUT2D eigenvalue weighted by Gasteiger charge is 2.25. The van der Waals surface area contributed by atoms with E-state index in [0.717, 1.165) is 55.0 Å². The number of carbonyl (C=O) groups excluding carboxylic acids is 1. The van der Waals surface area contributed by atoms with Crippen LogP contribution in [-0.4, -0.2) is 70.3 Å². The molecular weight excluding hydrogens is 512 g/mol. The fourth-order valence-corrected chi connectivity index (χ4v) is 4.96. The van der Waals surface area contributed by atoms with Crippen molar-refractivity contribution in [3.63, 3.8) is 0 Å². The number of hydrogen-bond acceptors (Lipinski definition) is 8. The van der Waals surface area contributed by atoms with Crippen LogP contribution in [0.1, 0.15) is 39.2 Å². The Morgan fingerprint density at radius 2 is 1.98 bits per heavy atom. The zero-order valence-corrected chi connectivity index (χ0v) is 24.2. The SMILES string of the molecule is Cc1cc(-c2nc3cc(OCCNC(C(=O)OCC(C)C)C(C)O)ccc3n2CC2CCOCC2)cn(C)c1=O. The van der Waals surface area contributed by atoms with Crippen molar-refractivity contribution in [1.82, 2.24) is 19.4 Å². The van der Waals surface area contributed by atoms with E-state index >= 15 is 0 Å². The van der Waals surface area contributed by atoms with E-state index in [-0.39, 0.29) is 11.5 Å². The van der Waals surface area contributed by atoms with Gasteiger partial charge in [0, 0.05) is 56.7 Å². The number of rotatable bonds is 12. The Hall–Kier alpha value is -3.21. The number of esters is 1. The summed E-state index contributed by atoms with van der Waals surface area (Å²) in [4.78, 5) is 29.6. The van der Waals surface area contributed by atoms with Crippen LogP contribution >= 0.6 is 0 Å². The van der Waals surface area contributed by atoms with E-state index in [4.69, 9.17) is 19.2 Å². The van der Waals surface area contributed by atoms with Crippen molar-refractivity contribution >= 4 is 17.0 Å². The molecule has 0 amide bonds. The van der Waals surface area contributed by atoms with Crippen molar-refractivity contribution in [3.8, 4) is 17.1 Å². The number of benzene rings is 1. The zero-order chi connectivity index (χ0) is 28.8. The number of aliphatic hydroxyl groups excluding tert-OH is 1. The first kappa shape index (κ1) is 29.8. The fourth-order valence-electron chi connectivity index (χ4n) is 4.96. The molecule has 2 atom stereocenters. The Morgan fingerprint density at radius 1 is 1.23 bits per heavy atom. The van der Waals surface area contributed by atoms with E-state index in [9.17, 15) is 14.7 Å². The molecule has 1 saturated heterocycles. The summed E-state index contributed by atoms with van der Waals surface area (Å²) in [6, 6.07) is 6.93. The summed E-state index contributed by atoms with van der Waals surface area (Å²) in [5, 5.41) is 13.1. The topological polar surface area (TPSA) is 117 Å². The fraction of sp³-hybridized carbons (Fsp3) is 0.567. The molecule has 40 heavy (non-hydrogen) atoms. The highest BCUT2D eigenvalue weighted by molar-refractivity contribution is 5.82. The smallest absolute Gasteiger partial charge is 0.325 e. The minimum absolute atomic E-state index is 0.0221. The monoisotopic (exact) mass is 554 g/mol. The lowest BCUT2D eigenvalue weighted by atomic mass is 10.00. The first-order valence-electron chi connectivity index (χ1n) is 14.1. The van der Waals surface area contributed by atoms with Crippen LogP contribution in [0, 0.1) is 18.8 Å². The molecule has 218 valence electrons. The third-order valence-electron chi connectivity index (χ3n) is 7.15. The predicted octanol–water partition coefficient (Wildman–Crippen LogP) is 3.05. The van der Waals surface area contributed by atoms with Crippen LogP contribution in [0.25, 0.3) is 22.4 Å². The molecule has 2 N–H and O–H groups in total. The standard InChI is InChI=1S/C30H42N4O6/c1-19(2)18-40-30(37)27(21(4)35)31-10-13-39-24-6-7-26-25(15-24)32-28(23-14-20(3)29(36)33(5)17-23)34(26)16-22-8-11-38-12-9-22/h6-7,14-15,17,19,21-22,27,31,35H,8-13,16,18H2,1-5H3. The number of aliphatic hydroxyl groups is 1. The van der Waals surface area contributed by atoms with Crippen molar-refractivity contribution < 1.29 is 24.1 Å². The molecule has 0 spiro atoms.